The quantitative estimate of drug-likeness (QED) is 0.167. The van der Waals surface area contributed by atoms with Crippen LogP contribution in [0.25, 0.3) is 22.0 Å². The van der Waals surface area contributed by atoms with Gasteiger partial charge in [-0.15, -0.1) is 13.2 Å². The summed E-state index contributed by atoms with van der Waals surface area (Å²) in [4.78, 5) is 63.4. The third-order valence-corrected chi connectivity index (χ3v) is 12.2. The summed E-state index contributed by atoms with van der Waals surface area (Å²) in [6.45, 7) is 7.67. The summed E-state index contributed by atoms with van der Waals surface area (Å²) in [6.07, 6.45) is 1.43. The number of ether oxygens (including phenoxy) is 1. The molecule has 1 unspecified atom stereocenters. The molecule has 3 saturated heterocycles. The number of piperazine rings is 1. The smallest absolute Gasteiger partial charge is 0.406 e. The number of aromatic nitrogens is 2. The van der Waals surface area contributed by atoms with Crippen molar-refractivity contribution >= 4 is 40.2 Å². The molecular weight excluding hydrogens is 776 g/mol. The van der Waals surface area contributed by atoms with Crippen molar-refractivity contribution in [3.8, 4) is 16.9 Å². The van der Waals surface area contributed by atoms with Crippen LogP contribution < -0.4 is 15.0 Å². The van der Waals surface area contributed by atoms with Crippen molar-refractivity contribution < 1.29 is 37.1 Å². The first-order chi connectivity index (χ1) is 29.0. The van der Waals surface area contributed by atoms with E-state index in [1.807, 2.05) is 30.5 Å². The number of alkyl halides is 3. The van der Waals surface area contributed by atoms with Gasteiger partial charge in [0.2, 0.25) is 11.8 Å². The maximum atomic E-state index is 13.4. The van der Waals surface area contributed by atoms with E-state index >= 15 is 0 Å². The Morgan fingerprint density at radius 2 is 1.52 bits per heavy atom. The Labute approximate surface area is 344 Å². The monoisotopic (exact) mass is 819 g/mol. The average Bonchev–Trinajstić information content (AvgIpc) is 3.71. The van der Waals surface area contributed by atoms with E-state index in [0.717, 1.165) is 104 Å². The molecule has 0 spiro atoms. The molecule has 12 nitrogen and oxygen atoms in total. The SMILES string of the molecule is O=C1CCC(N2C(=O)c3ccc(N4CCN(CC5CCN(Cc6ccc7c(c6)c(-c6ccc(OC(F)(F)F)cc6)cn7Cc6ccccn6)CC5)CC4)cc3C2=O)C(=O)N1. The molecule has 1 atom stereocenters. The number of hydrogen-bond donors (Lipinski definition) is 1. The molecule has 4 aliphatic heterocycles. The van der Waals surface area contributed by atoms with Crippen molar-refractivity contribution in [3.63, 3.8) is 0 Å². The van der Waals surface area contributed by atoms with Gasteiger partial charge in [-0.05, 0) is 104 Å². The van der Waals surface area contributed by atoms with Crippen molar-refractivity contribution in [1.82, 2.24) is 29.6 Å². The van der Waals surface area contributed by atoms with Gasteiger partial charge in [0.05, 0.1) is 23.4 Å². The van der Waals surface area contributed by atoms with E-state index in [1.165, 1.54) is 17.7 Å². The van der Waals surface area contributed by atoms with Crippen LogP contribution in [0.1, 0.15) is 57.7 Å². The highest BCUT2D eigenvalue weighted by Crippen LogP contribution is 2.35. The molecule has 60 heavy (non-hydrogen) atoms. The maximum Gasteiger partial charge on any atom is 0.573 e. The van der Waals surface area contributed by atoms with Crippen LogP contribution in [-0.4, -0.2) is 106 Å². The van der Waals surface area contributed by atoms with E-state index in [9.17, 15) is 32.3 Å². The number of rotatable bonds is 10. The predicted molar refractivity (Wildman–Crippen MR) is 217 cm³/mol. The molecule has 0 radical (unpaired) electrons. The lowest BCUT2D eigenvalue weighted by molar-refractivity contribution is -0.274. The fourth-order valence-electron chi connectivity index (χ4n) is 9.10. The first-order valence-corrected chi connectivity index (χ1v) is 20.4. The summed E-state index contributed by atoms with van der Waals surface area (Å²) < 4.78 is 44.8. The van der Waals surface area contributed by atoms with Gasteiger partial charge in [-0.2, -0.15) is 0 Å². The van der Waals surface area contributed by atoms with Crippen LogP contribution in [0, 0.1) is 5.92 Å². The van der Waals surface area contributed by atoms with Gasteiger partial charge in [0.15, 0.2) is 0 Å². The molecule has 0 bridgehead atoms. The van der Waals surface area contributed by atoms with Crippen LogP contribution in [-0.2, 0) is 22.7 Å². The molecule has 310 valence electrons. The number of halogens is 3. The van der Waals surface area contributed by atoms with Crippen LogP contribution in [0.15, 0.2) is 91.3 Å². The second kappa shape index (κ2) is 16.2. The minimum atomic E-state index is -4.76. The van der Waals surface area contributed by atoms with Crippen molar-refractivity contribution in [3.05, 3.63) is 114 Å². The van der Waals surface area contributed by atoms with Gasteiger partial charge in [0, 0.05) is 80.2 Å². The first kappa shape index (κ1) is 39.4. The van der Waals surface area contributed by atoms with Crippen molar-refractivity contribution in [2.45, 2.75) is 51.2 Å². The molecular formula is C45H44F3N7O5. The molecule has 4 amide bonds. The van der Waals surface area contributed by atoms with E-state index < -0.39 is 36.0 Å². The normalized spacial score (nSPS) is 19.6. The van der Waals surface area contributed by atoms with Crippen LogP contribution in [0.3, 0.4) is 0 Å². The van der Waals surface area contributed by atoms with Gasteiger partial charge in [-0.3, -0.25) is 44.2 Å². The summed E-state index contributed by atoms with van der Waals surface area (Å²) in [5.74, 6) is -1.69. The zero-order chi connectivity index (χ0) is 41.5. The minimum Gasteiger partial charge on any atom is -0.406 e. The van der Waals surface area contributed by atoms with Gasteiger partial charge in [-0.25, -0.2) is 0 Å². The highest BCUT2D eigenvalue weighted by Gasteiger charge is 2.45. The molecule has 5 aromatic rings. The Morgan fingerprint density at radius 1 is 0.750 bits per heavy atom. The van der Waals surface area contributed by atoms with Gasteiger partial charge in [0.1, 0.15) is 11.8 Å². The number of imide groups is 2. The van der Waals surface area contributed by atoms with E-state index in [4.69, 9.17) is 0 Å². The number of nitrogens with one attached hydrogen (secondary N) is 1. The summed E-state index contributed by atoms with van der Waals surface area (Å²) in [5, 5.41) is 3.26. The molecule has 3 fully saturated rings. The zero-order valence-corrected chi connectivity index (χ0v) is 32.9. The zero-order valence-electron chi connectivity index (χ0n) is 32.9. The lowest BCUT2D eigenvalue weighted by Crippen LogP contribution is -2.54. The number of pyridine rings is 1. The number of benzene rings is 3. The summed E-state index contributed by atoms with van der Waals surface area (Å²) >= 11 is 0. The highest BCUT2D eigenvalue weighted by molar-refractivity contribution is 6.23. The Morgan fingerprint density at radius 3 is 2.23 bits per heavy atom. The largest absolute Gasteiger partial charge is 0.573 e. The Bertz CT molecular complexity index is 2440. The number of piperidine rings is 2. The lowest BCUT2D eigenvalue weighted by Gasteiger charge is -2.39. The summed E-state index contributed by atoms with van der Waals surface area (Å²) in [6, 6.07) is 22.6. The van der Waals surface area contributed by atoms with E-state index in [-0.39, 0.29) is 24.2 Å². The second-order valence-electron chi connectivity index (χ2n) is 16.1. The first-order valence-electron chi connectivity index (χ1n) is 20.4. The maximum absolute atomic E-state index is 13.4. The van der Waals surface area contributed by atoms with E-state index in [0.29, 0.717) is 18.0 Å². The van der Waals surface area contributed by atoms with Crippen molar-refractivity contribution in [2.75, 3.05) is 50.7 Å². The molecule has 3 aromatic carbocycles. The molecule has 0 saturated carbocycles. The number of likely N-dealkylation sites (tertiary alicyclic amines) is 1. The third-order valence-electron chi connectivity index (χ3n) is 12.2. The summed E-state index contributed by atoms with van der Waals surface area (Å²) in [5.41, 5.74) is 6.27. The fraction of sp³-hybridized carbons (Fsp3) is 0.356. The highest BCUT2D eigenvalue weighted by atomic mass is 19.4. The number of fused-ring (bicyclic) bond motifs is 2. The second-order valence-corrected chi connectivity index (χ2v) is 16.1. The Kier molecular flexibility index (Phi) is 10.6. The average molecular weight is 820 g/mol. The Balaban J connectivity index is 0.801. The number of hydrogen-bond acceptors (Lipinski definition) is 9. The lowest BCUT2D eigenvalue weighted by atomic mass is 9.95. The molecule has 4 aliphatic rings. The van der Waals surface area contributed by atoms with Crippen molar-refractivity contribution in [2.24, 2.45) is 5.92 Å². The molecule has 6 heterocycles. The molecule has 15 heteroatoms. The van der Waals surface area contributed by atoms with Gasteiger partial charge >= 0.3 is 6.36 Å². The van der Waals surface area contributed by atoms with Crippen LogP contribution in [0.2, 0.25) is 0 Å². The minimum absolute atomic E-state index is 0.0817. The van der Waals surface area contributed by atoms with Gasteiger partial charge in [-0.1, -0.05) is 24.3 Å². The van der Waals surface area contributed by atoms with Crippen molar-refractivity contribution in [1.29, 1.82) is 0 Å². The number of anilines is 1. The van der Waals surface area contributed by atoms with E-state index in [1.54, 1.807) is 30.5 Å². The predicted octanol–water partition coefficient (Wildman–Crippen LogP) is 6.09. The number of nitrogens with zero attached hydrogens (tertiary/aromatic N) is 6. The molecule has 0 aliphatic carbocycles. The topological polar surface area (TPSA) is 120 Å². The number of carbonyl (C=O) groups excluding carboxylic acids is 4. The number of carbonyl (C=O) groups is 4. The standard InChI is InChI=1S/C45H44F3N7O5/c46-45(47,48)60-34-8-5-31(6-9-34)38-28-54(27-32-3-1-2-16-49-32)39-11-4-30(23-36(38)39)26-51-17-14-29(15-18-51)25-52-19-21-53(22-20-52)33-7-10-35-37(24-33)44(59)55(43(35)58)40-12-13-41(56)50-42(40)57/h1-11,16,23-24,28-29,40H,12-15,17-22,25-27H2,(H,50,56,57). The molecule has 2 aromatic heterocycles. The van der Waals surface area contributed by atoms with Crippen LogP contribution >= 0.6 is 0 Å². The van der Waals surface area contributed by atoms with Crippen LogP contribution in [0.5, 0.6) is 5.75 Å². The summed E-state index contributed by atoms with van der Waals surface area (Å²) in [7, 11) is 0. The Hall–Kier alpha value is -6.06. The van der Waals surface area contributed by atoms with E-state index in [2.05, 4.69) is 52.5 Å². The van der Waals surface area contributed by atoms with Crippen LogP contribution in [0.4, 0.5) is 18.9 Å². The number of amides is 4. The molecule has 9 rings (SSSR count). The third kappa shape index (κ3) is 8.23. The fourth-order valence-corrected chi connectivity index (χ4v) is 9.10. The molecule has 1 N–H and O–H groups in total. The van der Waals surface area contributed by atoms with Gasteiger partial charge < -0.3 is 14.2 Å². The van der Waals surface area contributed by atoms with Gasteiger partial charge in [0.25, 0.3) is 11.8 Å².